The molecule has 0 unspecified atom stereocenters. The molecule has 0 bridgehead atoms. The molecule has 1 N–H and O–H groups in total. The number of aryl methyl sites for hydroxylation is 2. The molecule has 0 aliphatic heterocycles. The highest BCUT2D eigenvalue weighted by molar-refractivity contribution is 7.89. The Morgan fingerprint density at radius 3 is 2.50 bits per heavy atom. The van der Waals surface area contributed by atoms with Gasteiger partial charge in [-0.2, -0.15) is 5.10 Å². The fourth-order valence-electron chi connectivity index (χ4n) is 2.06. The maximum absolute atomic E-state index is 12.5. The zero-order valence-electron chi connectivity index (χ0n) is 12.3. The lowest BCUT2D eigenvalue weighted by Gasteiger charge is -2.16. The van der Waals surface area contributed by atoms with Gasteiger partial charge in [0.15, 0.2) is 0 Å². The monoisotopic (exact) mass is 303 g/mol. The fraction of sp³-hybridized carbons (Fsp3) is 0.667. The highest BCUT2D eigenvalue weighted by Gasteiger charge is 2.28. The van der Waals surface area contributed by atoms with Gasteiger partial charge in [-0.25, -0.2) is 12.7 Å². The zero-order chi connectivity index (χ0) is 15.5. The van der Waals surface area contributed by atoms with Gasteiger partial charge in [-0.1, -0.05) is 6.92 Å². The first kappa shape index (κ1) is 16.6. The minimum Gasteiger partial charge on any atom is -0.481 e. The number of hydrogen-bond acceptors (Lipinski definition) is 4. The van der Waals surface area contributed by atoms with Crippen LogP contribution in [0, 0.1) is 13.8 Å². The SMILES string of the molecule is CCCN(C)S(=O)(=O)c1c(C)nn(CCC(=O)O)c1C. The summed E-state index contributed by atoms with van der Waals surface area (Å²) in [6, 6.07) is 0. The molecule has 0 radical (unpaired) electrons. The summed E-state index contributed by atoms with van der Waals surface area (Å²) in [6.07, 6.45) is 0.632. The van der Waals surface area contributed by atoms with Gasteiger partial charge in [0.05, 0.1) is 24.4 Å². The second-order valence-electron chi connectivity index (χ2n) is 4.69. The maximum Gasteiger partial charge on any atom is 0.305 e. The average molecular weight is 303 g/mol. The van der Waals surface area contributed by atoms with Gasteiger partial charge in [-0.15, -0.1) is 0 Å². The molecule has 20 heavy (non-hydrogen) atoms. The number of sulfonamides is 1. The number of aromatic nitrogens is 2. The van der Waals surface area contributed by atoms with E-state index in [9.17, 15) is 13.2 Å². The molecular weight excluding hydrogens is 282 g/mol. The summed E-state index contributed by atoms with van der Waals surface area (Å²) < 4.78 is 27.7. The number of hydrogen-bond donors (Lipinski definition) is 1. The number of carboxylic acid groups (broad SMARTS) is 1. The fourth-order valence-corrected chi connectivity index (χ4v) is 3.69. The Balaban J connectivity index is 3.16. The molecule has 0 saturated carbocycles. The average Bonchev–Trinajstić information content (AvgIpc) is 2.62. The third-order valence-corrected chi connectivity index (χ3v) is 5.17. The Morgan fingerprint density at radius 1 is 1.40 bits per heavy atom. The van der Waals surface area contributed by atoms with Crippen LogP contribution in [-0.2, 0) is 21.4 Å². The van der Waals surface area contributed by atoms with Crippen molar-refractivity contribution in [2.45, 2.75) is 45.1 Å². The summed E-state index contributed by atoms with van der Waals surface area (Å²) in [5.74, 6) is -0.940. The van der Waals surface area contributed by atoms with Crippen molar-refractivity contribution in [1.82, 2.24) is 14.1 Å². The molecule has 0 atom stereocenters. The largest absolute Gasteiger partial charge is 0.481 e. The van der Waals surface area contributed by atoms with Crippen LogP contribution >= 0.6 is 0 Å². The van der Waals surface area contributed by atoms with Gasteiger partial charge in [0, 0.05) is 13.6 Å². The molecule has 114 valence electrons. The Labute approximate surface area is 119 Å². The second-order valence-corrected chi connectivity index (χ2v) is 6.68. The van der Waals surface area contributed by atoms with Gasteiger partial charge in [-0.3, -0.25) is 9.48 Å². The molecule has 7 nitrogen and oxygen atoms in total. The topological polar surface area (TPSA) is 92.5 Å². The molecule has 8 heteroatoms. The molecule has 0 aliphatic carbocycles. The van der Waals surface area contributed by atoms with E-state index in [2.05, 4.69) is 5.10 Å². The van der Waals surface area contributed by atoms with Crippen LogP contribution in [0.1, 0.15) is 31.2 Å². The summed E-state index contributed by atoms with van der Waals surface area (Å²) in [5.41, 5.74) is 0.877. The Bertz CT molecular complexity index is 592. The van der Waals surface area contributed by atoms with Crippen LogP contribution in [0.15, 0.2) is 4.90 Å². The summed E-state index contributed by atoms with van der Waals surface area (Å²) in [7, 11) is -2.04. The number of rotatable bonds is 7. The highest BCUT2D eigenvalue weighted by atomic mass is 32.2. The van der Waals surface area contributed by atoms with Crippen molar-refractivity contribution < 1.29 is 18.3 Å². The minimum atomic E-state index is -3.58. The molecule has 1 rings (SSSR count). The van der Waals surface area contributed by atoms with Gasteiger partial charge < -0.3 is 5.11 Å². The van der Waals surface area contributed by atoms with E-state index in [1.54, 1.807) is 13.8 Å². The van der Waals surface area contributed by atoms with E-state index in [-0.39, 0.29) is 17.9 Å². The smallest absolute Gasteiger partial charge is 0.305 e. The Hall–Kier alpha value is -1.41. The van der Waals surface area contributed by atoms with Crippen molar-refractivity contribution in [1.29, 1.82) is 0 Å². The van der Waals surface area contributed by atoms with Crippen LogP contribution < -0.4 is 0 Å². The van der Waals surface area contributed by atoms with Crippen LogP contribution in [0.3, 0.4) is 0 Å². The van der Waals surface area contributed by atoms with E-state index in [0.29, 0.717) is 17.9 Å². The van der Waals surface area contributed by atoms with Gasteiger partial charge in [0.2, 0.25) is 10.0 Å². The third-order valence-electron chi connectivity index (χ3n) is 3.06. The zero-order valence-corrected chi connectivity index (χ0v) is 13.1. The molecule has 0 aromatic carbocycles. The number of carbonyl (C=O) groups is 1. The van der Waals surface area contributed by atoms with Gasteiger partial charge in [0.25, 0.3) is 0 Å². The molecular formula is C12H21N3O4S. The lowest BCUT2D eigenvalue weighted by Crippen LogP contribution is -2.28. The molecule has 0 saturated heterocycles. The van der Waals surface area contributed by atoms with Crippen molar-refractivity contribution in [3.8, 4) is 0 Å². The molecule has 1 heterocycles. The summed E-state index contributed by atoms with van der Waals surface area (Å²) >= 11 is 0. The number of nitrogens with zero attached hydrogens (tertiary/aromatic N) is 3. The summed E-state index contributed by atoms with van der Waals surface area (Å²) in [5, 5.41) is 12.8. The molecule has 0 aliphatic rings. The predicted octanol–water partition coefficient (Wildman–Crippen LogP) is 1.01. The molecule has 0 fully saturated rings. The number of aliphatic carboxylic acids is 1. The van der Waals surface area contributed by atoms with Crippen LogP contribution in [0.4, 0.5) is 0 Å². The Kier molecular flexibility index (Phi) is 5.29. The molecule has 0 spiro atoms. The van der Waals surface area contributed by atoms with Crippen molar-refractivity contribution in [3.63, 3.8) is 0 Å². The standard InChI is InChI=1S/C12H21N3O4S/c1-5-7-14(4)20(18,19)12-9(2)13-15(10(12)3)8-6-11(16)17/h5-8H2,1-4H3,(H,16,17). The maximum atomic E-state index is 12.5. The summed E-state index contributed by atoms with van der Waals surface area (Å²) in [4.78, 5) is 10.8. The van der Waals surface area contributed by atoms with Crippen LogP contribution in [0.2, 0.25) is 0 Å². The summed E-state index contributed by atoms with van der Waals surface area (Å²) in [6.45, 7) is 5.77. The molecule has 1 aromatic heterocycles. The van der Waals surface area contributed by atoms with Crippen molar-refractivity contribution >= 4 is 16.0 Å². The third kappa shape index (κ3) is 3.37. The van der Waals surface area contributed by atoms with E-state index < -0.39 is 16.0 Å². The highest BCUT2D eigenvalue weighted by Crippen LogP contribution is 2.23. The van der Waals surface area contributed by atoms with E-state index in [0.717, 1.165) is 6.42 Å². The van der Waals surface area contributed by atoms with E-state index in [1.807, 2.05) is 6.92 Å². The second kappa shape index (κ2) is 6.36. The van der Waals surface area contributed by atoms with Gasteiger partial charge >= 0.3 is 5.97 Å². The van der Waals surface area contributed by atoms with E-state index in [4.69, 9.17) is 5.11 Å². The first-order valence-electron chi connectivity index (χ1n) is 6.44. The van der Waals surface area contributed by atoms with Crippen molar-refractivity contribution in [2.24, 2.45) is 0 Å². The minimum absolute atomic E-state index is 0.0910. The van der Waals surface area contributed by atoms with Crippen LogP contribution in [-0.4, -0.2) is 47.2 Å². The Morgan fingerprint density at radius 2 is 2.00 bits per heavy atom. The van der Waals surface area contributed by atoms with Crippen LogP contribution in [0.25, 0.3) is 0 Å². The van der Waals surface area contributed by atoms with E-state index in [1.165, 1.54) is 16.0 Å². The first-order valence-corrected chi connectivity index (χ1v) is 7.88. The van der Waals surface area contributed by atoms with Gasteiger partial charge in [-0.05, 0) is 20.3 Å². The van der Waals surface area contributed by atoms with Crippen LogP contribution in [0.5, 0.6) is 0 Å². The lowest BCUT2D eigenvalue weighted by atomic mass is 10.4. The van der Waals surface area contributed by atoms with Crippen molar-refractivity contribution in [3.05, 3.63) is 11.4 Å². The quantitative estimate of drug-likeness (QED) is 0.811. The number of carboxylic acids is 1. The normalized spacial score (nSPS) is 12.1. The van der Waals surface area contributed by atoms with E-state index >= 15 is 0 Å². The molecule has 0 amide bonds. The lowest BCUT2D eigenvalue weighted by molar-refractivity contribution is -0.137. The van der Waals surface area contributed by atoms with Gasteiger partial charge in [0.1, 0.15) is 4.90 Å². The first-order chi connectivity index (χ1) is 9.21. The predicted molar refractivity (Wildman–Crippen MR) is 74.1 cm³/mol. The van der Waals surface area contributed by atoms with Crippen molar-refractivity contribution in [2.75, 3.05) is 13.6 Å². The molecule has 1 aromatic rings.